The van der Waals surface area contributed by atoms with Crippen molar-refractivity contribution in [3.05, 3.63) is 64.3 Å². The summed E-state index contributed by atoms with van der Waals surface area (Å²) < 4.78 is 2.84. The van der Waals surface area contributed by atoms with Crippen molar-refractivity contribution in [2.45, 2.75) is 39.0 Å². The highest BCUT2D eigenvalue weighted by atomic mass is 16.3. The molecule has 9 heteroatoms. The molecular formula is C23H26N7O2+. The summed E-state index contributed by atoms with van der Waals surface area (Å²) in [5.41, 5.74) is 11.7. The lowest BCUT2D eigenvalue weighted by Crippen LogP contribution is -2.33. The number of fused-ring (bicyclic) bond motifs is 1. The molecule has 0 aliphatic carbocycles. The molecule has 9 nitrogen and oxygen atoms in total. The Bertz CT molecular complexity index is 1340. The van der Waals surface area contributed by atoms with Crippen LogP contribution < -0.4 is 21.7 Å². The number of aromatic nitrogens is 5. The second kappa shape index (κ2) is 7.85. The first-order valence-electron chi connectivity index (χ1n) is 10.7. The van der Waals surface area contributed by atoms with E-state index in [1.54, 1.807) is 0 Å². The fourth-order valence-corrected chi connectivity index (χ4v) is 4.48. The van der Waals surface area contributed by atoms with E-state index in [9.17, 15) is 9.90 Å². The Hall–Kier alpha value is -3.56. The van der Waals surface area contributed by atoms with Crippen molar-refractivity contribution in [3.8, 4) is 22.4 Å². The van der Waals surface area contributed by atoms with Crippen LogP contribution in [0.3, 0.4) is 0 Å². The molecular weight excluding hydrogens is 406 g/mol. The van der Waals surface area contributed by atoms with Crippen LogP contribution in [-0.4, -0.2) is 43.0 Å². The molecule has 1 fully saturated rings. The summed E-state index contributed by atoms with van der Waals surface area (Å²) in [5.74, 6) is 0.209. The minimum Gasteiger partial charge on any atom is -0.392 e. The fourth-order valence-electron chi connectivity index (χ4n) is 4.48. The minimum absolute atomic E-state index is 0.0275. The molecule has 5 N–H and O–H groups in total. The number of nitrogen functional groups attached to an aromatic ring is 1. The molecule has 164 valence electrons. The average Bonchev–Trinajstić information content (AvgIpc) is 3.31. The summed E-state index contributed by atoms with van der Waals surface area (Å²) >= 11 is 0. The highest BCUT2D eigenvalue weighted by Crippen LogP contribution is 2.32. The molecule has 0 amide bonds. The van der Waals surface area contributed by atoms with Crippen molar-refractivity contribution in [2.75, 3.05) is 12.3 Å². The van der Waals surface area contributed by atoms with Gasteiger partial charge in [-0.15, -0.1) is 9.50 Å². The molecule has 0 spiro atoms. The number of aryl methyl sites for hydroxylation is 2. The van der Waals surface area contributed by atoms with Crippen LogP contribution in [0.15, 0.2) is 47.3 Å². The third-order valence-electron chi connectivity index (χ3n) is 5.83. The van der Waals surface area contributed by atoms with Gasteiger partial charge < -0.3 is 10.4 Å². The summed E-state index contributed by atoms with van der Waals surface area (Å²) in [4.78, 5) is 21.0. The van der Waals surface area contributed by atoms with Gasteiger partial charge in [0.05, 0.1) is 18.2 Å². The Kier molecular flexibility index (Phi) is 4.99. The van der Waals surface area contributed by atoms with Crippen LogP contribution in [0.25, 0.3) is 28.0 Å². The predicted octanol–water partition coefficient (Wildman–Crippen LogP) is 0.961. The number of nitrogens with zero attached hydrogens (tertiary/aromatic N) is 4. The molecule has 0 bridgehead atoms. The van der Waals surface area contributed by atoms with Crippen molar-refractivity contribution >= 4 is 11.6 Å². The van der Waals surface area contributed by atoms with Gasteiger partial charge in [0.15, 0.2) is 0 Å². The average molecular weight is 433 g/mol. The Balaban J connectivity index is 1.78. The van der Waals surface area contributed by atoms with E-state index in [1.165, 1.54) is 9.08 Å². The number of pyridine rings is 1. The number of aliphatic hydroxyl groups excluding tert-OH is 1. The molecule has 3 aromatic heterocycles. The molecule has 5 rings (SSSR count). The summed E-state index contributed by atoms with van der Waals surface area (Å²) in [6.45, 7) is 4.75. The first-order chi connectivity index (χ1) is 15.4. The third-order valence-corrected chi connectivity index (χ3v) is 5.83. The van der Waals surface area contributed by atoms with Crippen molar-refractivity contribution in [1.29, 1.82) is 0 Å². The van der Waals surface area contributed by atoms with E-state index in [1.807, 2.05) is 56.3 Å². The van der Waals surface area contributed by atoms with E-state index in [2.05, 4.69) is 15.3 Å². The van der Waals surface area contributed by atoms with Crippen LogP contribution in [0.2, 0.25) is 0 Å². The number of hydrogen-bond donors (Lipinski definition) is 3. The van der Waals surface area contributed by atoms with Gasteiger partial charge in [0.1, 0.15) is 5.69 Å². The van der Waals surface area contributed by atoms with E-state index >= 15 is 0 Å². The zero-order valence-corrected chi connectivity index (χ0v) is 18.0. The van der Waals surface area contributed by atoms with E-state index in [-0.39, 0.29) is 17.7 Å². The van der Waals surface area contributed by atoms with E-state index in [4.69, 9.17) is 10.8 Å². The van der Waals surface area contributed by atoms with E-state index in [0.717, 1.165) is 33.8 Å². The molecule has 4 heterocycles. The van der Waals surface area contributed by atoms with E-state index < -0.39 is 6.10 Å². The summed E-state index contributed by atoms with van der Waals surface area (Å²) in [5, 5.41) is 17.8. The van der Waals surface area contributed by atoms with Gasteiger partial charge in [-0.2, -0.15) is 4.68 Å². The predicted molar refractivity (Wildman–Crippen MR) is 121 cm³/mol. The molecule has 0 unspecified atom stereocenters. The number of rotatable bonds is 4. The maximum Gasteiger partial charge on any atom is 0.411 e. The summed E-state index contributed by atoms with van der Waals surface area (Å²) in [6.07, 6.45) is 0.168. The number of anilines is 1. The topological polar surface area (TPSA) is 125 Å². The Morgan fingerprint density at radius 2 is 1.91 bits per heavy atom. The van der Waals surface area contributed by atoms with Crippen molar-refractivity contribution in [3.63, 3.8) is 0 Å². The second-order valence-corrected chi connectivity index (χ2v) is 8.38. The fraction of sp³-hybridized carbons (Fsp3) is 0.304. The standard InChI is InChI=1S/C23H25N7O2/c1-13-8-16(9-14(2)26-13)19-20(15-6-4-3-5-7-15)27-22(24)30-21(19)28-29(23(30)32)12-17-10-18(31)11-25-17/h3-9,17-18,25,31H,10-12H2,1-2H3,(H2,24,27)/p+1/t17-,18-/m1/s1. The van der Waals surface area contributed by atoms with Crippen LogP contribution in [0.1, 0.15) is 17.8 Å². The molecule has 2 atom stereocenters. The number of aromatic amines is 1. The maximum atomic E-state index is 13.2. The summed E-state index contributed by atoms with van der Waals surface area (Å²) in [7, 11) is 0. The quantitative estimate of drug-likeness (QED) is 0.441. The lowest BCUT2D eigenvalue weighted by Gasteiger charge is -2.10. The number of benzene rings is 1. The van der Waals surface area contributed by atoms with Crippen molar-refractivity contribution < 1.29 is 10.1 Å². The van der Waals surface area contributed by atoms with Crippen molar-refractivity contribution in [2.24, 2.45) is 0 Å². The normalized spacial score (nSPS) is 18.5. The Morgan fingerprint density at radius 1 is 1.19 bits per heavy atom. The molecule has 32 heavy (non-hydrogen) atoms. The third kappa shape index (κ3) is 3.55. The first kappa shape index (κ1) is 20.3. The molecule has 4 aromatic rings. The van der Waals surface area contributed by atoms with Crippen LogP contribution >= 0.6 is 0 Å². The molecule has 1 saturated heterocycles. The van der Waals surface area contributed by atoms with Gasteiger partial charge in [-0.05, 0) is 38.0 Å². The number of aliphatic hydroxyl groups is 1. The summed E-state index contributed by atoms with van der Waals surface area (Å²) in [6, 6.07) is 13.8. The van der Waals surface area contributed by atoms with Gasteiger partial charge in [0.2, 0.25) is 5.65 Å². The first-order valence-corrected chi connectivity index (χ1v) is 10.7. The highest BCUT2D eigenvalue weighted by molar-refractivity contribution is 5.88. The number of β-amino-alcohol motifs (C(OH)–C–C–N with tert-alkyl or cyclic N) is 1. The number of nitrogens with two attached hydrogens (primary N) is 1. The minimum atomic E-state index is -0.408. The van der Waals surface area contributed by atoms with Gasteiger partial charge in [-0.3, -0.25) is 10.7 Å². The van der Waals surface area contributed by atoms with E-state index in [0.29, 0.717) is 25.2 Å². The maximum absolute atomic E-state index is 13.2. The molecule has 1 aromatic carbocycles. The largest absolute Gasteiger partial charge is 0.411 e. The zero-order valence-electron chi connectivity index (χ0n) is 18.0. The van der Waals surface area contributed by atoms with Gasteiger partial charge in [-0.1, -0.05) is 30.3 Å². The van der Waals surface area contributed by atoms with Gasteiger partial charge in [0, 0.05) is 29.5 Å². The SMILES string of the molecule is Cc1cc(-c2c(-c3ccccc3)[nH+]c(N)n3c(=O)n(C[C@H]4C[C@@H](O)CN4)nc23)cc(C)n1. The van der Waals surface area contributed by atoms with Crippen molar-refractivity contribution in [1.82, 2.24) is 24.5 Å². The number of nitrogens with one attached hydrogen (secondary N) is 2. The van der Waals surface area contributed by atoms with Crippen LogP contribution in [-0.2, 0) is 6.54 Å². The van der Waals surface area contributed by atoms with Gasteiger partial charge in [-0.25, -0.2) is 9.78 Å². The second-order valence-electron chi connectivity index (χ2n) is 8.38. The lowest BCUT2D eigenvalue weighted by atomic mass is 9.99. The Labute approximate surface area is 184 Å². The molecule has 1 aliphatic rings. The highest BCUT2D eigenvalue weighted by Gasteiger charge is 2.28. The Morgan fingerprint density at radius 3 is 2.56 bits per heavy atom. The van der Waals surface area contributed by atoms with Crippen LogP contribution in [0, 0.1) is 13.8 Å². The number of H-pyrrole nitrogens is 1. The number of hydrogen-bond acceptors (Lipinski definition) is 6. The van der Waals surface area contributed by atoms with Crippen LogP contribution in [0.5, 0.6) is 0 Å². The lowest BCUT2D eigenvalue weighted by molar-refractivity contribution is -0.351. The molecule has 0 saturated carbocycles. The molecule has 0 radical (unpaired) electrons. The van der Waals surface area contributed by atoms with Crippen LogP contribution in [0.4, 0.5) is 5.95 Å². The molecule has 1 aliphatic heterocycles. The van der Waals surface area contributed by atoms with Gasteiger partial charge in [0.25, 0.3) is 0 Å². The zero-order chi connectivity index (χ0) is 22.4. The monoisotopic (exact) mass is 432 g/mol. The van der Waals surface area contributed by atoms with Gasteiger partial charge >= 0.3 is 11.6 Å². The smallest absolute Gasteiger partial charge is 0.392 e.